The van der Waals surface area contributed by atoms with Gasteiger partial charge in [-0.3, -0.25) is 0 Å². The van der Waals surface area contributed by atoms with Gasteiger partial charge >= 0.3 is 0 Å². The van der Waals surface area contributed by atoms with Crippen LogP contribution in [0.3, 0.4) is 0 Å². The third-order valence-electron chi connectivity index (χ3n) is 3.96. The SMILES string of the molecule is CCC1Cc2ccccc2NC1c1ccccc1. The van der Waals surface area contributed by atoms with Gasteiger partial charge in [0.25, 0.3) is 0 Å². The number of fused-ring (bicyclic) bond motifs is 1. The van der Waals surface area contributed by atoms with Crippen LogP contribution < -0.4 is 5.32 Å². The van der Waals surface area contributed by atoms with Crippen LogP contribution in [0.5, 0.6) is 0 Å². The molecule has 0 saturated carbocycles. The zero-order valence-corrected chi connectivity index (χ0v) is 10.8. The van der Waals surface area contributed by atoms with Crippen molar-refractivity contribution in [3.8, 4) is 0 Å². The van der Waals surface area contributed by atoms with Gasteiger partial charge in [0.2, 0.25) is 0 Å². The van der Waals surface area contributed by atoms with E-state index in [0.717, 1.165) is 0 Å². The Balaban J connectivity index is 1.96. The van der Waals surface area contributed by atoms with Crippen LogP contribution in [0.25, 0.3) is 0 Å². The van der Waals surface area contributed by atoms with Crippen molar-refractivity contribution < 1.29 is 0 Å². The largest absolute Gasteiger partial charge is 0.378 e. The lowest BCUT2D eigenvalue weighted by atomic mass is 9.82. The first-order valence-corrected chi connectivity index (χ1v) is 6.78. The molecule has 0 saturated heterocycles. The Morgan fingerprint density at radius 1 is 1.00 bits per heavy atom. The lowest BCUT2D eigenvalue weighted by Gasteiger charge is -2.34. The number of hydrogen-bond donors (Lipinski definition) is 1. The molecule has 1 aliphatic rings. The summed E-state index contributed by atoms with van der Waals surface area (Å²) in [4.78, 5) is 0. The van der Waals surface area contributed by atoms with E-state index in [4.69, 9.17) is 0 Å². The van der Waals surface area contributed by atoms with E-state index in [1.807, 2.05) is 0 Å². The van der Waals surface area contributed by atoms with Crippen molar-refractivity contribution in [2.24, 2.45) is 5.92 Å². The Morgan fingerprint density at radius 3 is 2.50 bits per heavy atom. The zero-order chi connectivity index (χ0) is 12.4. The third kappa shape index (κ3) is 2.01. The zero-order valence-electron chi connectivity index (χ0n) is 10.8. The minimum absolute atomic E-state index is 0.450. The lowest BCUT2D eigenvalue weighted by Crippen LogP contribution is -2.27. The van der Waals surface area contributed by atoms with Crippen molar-refractivity contribution in [1.82, 2.24) is 0 Å². The van der Waals surface area contributed by atoms with Crippen LogP contribution >= 0.6 is 0 Å². The van der Waals surface area contributed by atoms with Crippen LogP contribution in [-0.2, 0) is 6.42 Å². The Morgan fingerprint density at radius 2 is 1.72 bits per heavy atom. The molecule has 0 aliphatic carbocycles. The van der Waals surface area contributed by atoms with Gasteiger partial charge in [0.05, 0.1) is 6.04 Å². The fourth-order valence-corrected chi connectivity index (χ4v) is 2.92. The van der Waals surface area contributed by atoms with Crippen molar-refractivity contribution in [2.75, 3.05) is 5.32 Å². The van der Waals surface area contributed by atoms with E-state index >= 15 is 0 Å². The molecule has 1 nitrogen and oxygen atoms in total. The average Bonchev–Trinajstić information content (AvgIpc) is 2.46. The Hall–Kier alpha value is -1.76. The first-order valence-electron chi connectivity index (χ1n) is 6.78. The highest BCUT2D eigenvalue weighted by molar-refractivity contribution is 5.55. The quantitative estimate of drug-likeness (QED) is 0.815. The van der Waals surface area contributed by atoms with Gasteiger partial charge in [-0.15, -0.1) is 0 Å². The van der Waals surface area contributed by atoms with Crippen molar-refractivity contribution in [2.45, 2.75) is 25.8 Å². The maximum atomic E-state index is 3.71. The van der Waals surface area contributed by atoms with E-state index in [-0.39, 0.29) is 0 Å². The molecule has 92 valence electrons. The molecule has 0 radical (unpaired) electrons. The summed E-state index contributed by atoms with van der Waals surface area (Å²) in [7, 11) is 0. The minimum atomic E-state index is 0.450. The van der Waals surface area contributed by atoms with Crippen molar-refractivity contribution in [3.63, 3.8) is 0 Å². The second kappa shape index (κ2) is 4.85. The minimum Gasteiger partial charge on any atom is -0.378 e. The highest BCUT2D eigenvalue weighted by Crippen LogP contribution is 2.37. The van der Waals surface area contributed by atoms with Gasteiger partial charge in [-0.05, 0) is 29.5 Å². The summed E-state index contributed by atoms with van der Waals surface area (Å²) < 4.78 is 0. The van der Waals surface area contributed by atoms with E-state index in [1.54, 1.807) is 0 Å². The number of rotatable bonds is 2. The molecule has 2 atom stereocenters. The molecule has 2 aromatic carbocycles. The molecule has 2 unspecified atom stereocenters. The number of anilines is 1. The maximum Gasteiger partial charge on any atom is 0.0545 e. The smallest absolute Gasteiger partial charge is 0.0545 e. The van der Waals surface area contributed by atoms with E-state index in [0.29, 0.717) is 12.0 Å². The van der Waals surface area contributed by atoms with Gasteiger partial charge in [-0.2, -0.15) is 0 Å². The molecule has 1 N–H and O–H groups in total. The van der Waals surface area contributed by atoms with Crippen LogP contribution in [0.15, 0.2) is 54.6 Å². The number of hydrogen-bond acceptors (Lipinski definition) is 1. The Bertz CT molecular complexity index is 518. The third-order valence-corrected chi connectivity index (χ3v) is 3.96. The summed E-state index contributed by atoms with van der Waals surface area (Å²) >= 11 is 0. The van der Waals surface area contributed by atoms with Gasteiger partial charge in [0.1, 0.15) is 0 Å². The van der Waals surface area contributed by atoms with Gasteiger partial charge in [0, 0.05) is 5.69 Å². The second-order valence-corrected chi connectivity index (χ2v) is 5.06. The van der Waals surface area contributed by atoms with E-state index in [2.05, 4.69) is 66.8 Å². The van der Waals surface area contributed by atoms with Crippen LogP contribution in [0.1, 0.15) is 30.5 Å². The molecule has 18 heavy (non-hydrogen) atoms. The highest BCUT2D eigenvalue weighted by Gasteiger charge is 2.27. The van der Waals surface area contributed by atoms with Crippen LogP contribution in [-0.4, -0.2) is 0 Å². The van der Waals surface area contributed by atoms with E-state index in [1.165, 1.54) is 29.7 Å². The first kappa shape index (κ1) is 11.3. The summed E-state index contributed by atoms with van der Waals surface area (Å²) in [6, 6.07) is 19.9. The van der Waals surface area contributed by atoms with E-state index in [9.17, 15) is 0 Å². The maximum absolute atomic E-state index is 3.71. The summed E-state index contributed by atoms with van der Waals surface area (Å²) in [6.45, 7) is 2.29. The average molecular weight is 237 g/mol. The monoisotopic (exact) mass is 237 g/mol. The normalized spacial score (nSPS) is 22.1. The predicted octanol–water partition coefficient (Wildman–Crippen LogP) is 4.42. The summed E-state index contributed by atoms with van der Waals surface area (Å²) in [5, 5.41) is 3.71. The van der Waals surface area contributed by atoms with Gasteiger partial charge in [-0.25, -0.2) is 0 Å². The van der Waals surface area contributed by atoms with Crippen molar-refractivity contribution >= 4 is 5.69 Å². The van der Waals surface area contributed by atoms with Crippen molar-refractivity contribution in [1.29, 1.82) is 0 Å². The molecule has 0 aromatic heterocycles. The van der Waals surface area contributed by atoms with Gasteiger partial charge < -0.3 is 5.32 Å². The van der Waals surface area contributed by atoms with Gasteiger partial charge in [0.15, 0.2) is 0 Å². The molecular formula is C17H19N. The second-order valence-electron chi connectivity index (χ2n) is 5.06. The fourth-order valence-electron chi connectivity index (χ4n) is 2.92. The molecule has 0 spiro atoms. The highest BCUT2D eigenvalue weighted by atomic mass is 14.9. The Kier molecular flexibility index (Phi) is 3.06. The Labute approximate surface area is 109 Å². The van der Waals surface area contributed by atoms with Gasteiger partial charge in [-0.1, -0.05) is 61.9 Å². The molecular weight excluding hydrogens is 218 g/mol. The summed E-state index contributed by atoms with van der Waals surface area (Å²) in [5.74, 6) is 0.683. The molecule has 1 aliphatic heterocycles. The molecule has 0 bridgehead atoms. The fraction of sp³-hybridized carbons (Fsp3) is 0.294. The lowest BCUT2D eigenvalue weighted by molar-refractivity contribution is 0.424. The van der Waals surface area contributed by atoms with Crippen molar-refractivity contribution in [3.05, 3.63) is 65.7 Å². The standard InChI is InChI=1S/C17H19N/c1-2-13-12-15-10-6-7-11-16(15)18-17(13)14-8-4-3-5-9-14/h3-11,13,17-18H,2,12H2,1H3. The number of para-hydroxylation sites is 1. The van der Waals surface area contributed by atoms with Crippen LogP contribution in [0.2, 0.25) is 0 Å². The molecule has 1 heteroatoms. The number of nitrogens with one attached hydrogen (secondary N) is 1. The first-order chi connectivity index (χ1) is 8.88. The molecule has 0 fully saturated rings. The van der Waals surface area contributed by atoms with E-state index < -0.39 is 0 Å². The van der Waals surface area contributed by atoms with Crippen LogP contribution in [0.4, 0.5) is 5.69 Å². The van der Waals surface area contributed by atoms with Crippen LogP contribution in [0, 0.1) is 5.92 Å². The predicted molar refractivity (Wildman–Crippen MR) is 76.7 cm³/mol. The summed E-state index contributed by atoms with van der Waals surface area (Å²) in [6.07, 6.45) is 2.39. The molecule has 0 amide bonds. The topological polar surface area (TPSA) is 12.0 Å². The number of benzene rings is 2. The summed E-state index contributed by atoms with van der Waals surface area (Å²) in [5.41, 5.74) is 4.16. The molecule has 3 rings (SSSR count). The molecule has 1 heterocycles. The molecule has 2 aromatic rings.